The van der Waals surface area contributed by atoms with Crippen molar-refractivity contribution in [1.82, 2.24) is 10.6 Å². The lowest BCUT2D eigenvalue weighted by molar-refractivity contribution is -0.134. The fraction of sp³-hybridized carbons (Fsp3) is 0.562. The summed E-state index contributed by atoms with van der Waals surface area (Å²) in [6.45, 7) is 4.03. The van der Waals surface area contributed by atoms with Gasteiger partial charge in [-0.2, -0.15) is 0 Å². The highest BCUT2D eigenvalue weighted by molar-refractivity contribution is 5.85. The highest BCUT2D eigenvalue weighted by Crippen LogP contribution is 2.13. The molecular weight excluding hydrogens is 304 g/mol. The number of benzene rings is 1. The first-order valence-electron chi connectivity index (χ1n) is 7.44. The van der Waals surface area contributed by atoms with Gasteiger partial charge in [0.1, 0.15) is 11.9 Å². The quantitative estimate of drug-likeness (QED) is 0.831. The number of nitrogens with one attached hydrogen (secondary N) is 2. The number of aryl methyl sites for hydroxylation is 1. The molecule has 1 aliphatic rings. The summed E-state index contributed by atoms with van der Waals surface area (Å²) in [6, 6.07) is 8.16. The molecule has 1 amide bonds. The molecule has 1 aromatic carbocycles. The van der Waals surface area contributed by atoms with Gasteiger partial charge in [0.05, 0.1) is 13.7 Å². The zero-order chi connectivity index (χ0) is 15.1. The first-order valence-corrected chi connectivity index (χ1v) is 7.44. The molecule has 1 fully saturated rings. The Kier molecular flexibility index (Phi) is 8.24. The maximum atomic E-state index is 12.0. The number of halogens is 1. The molecule has 22 heavy (non-hydrogen) atoms. The Morgan fingerprint density at radius 3 is 2.77 bits per heavy atom. The minimum Gasteiger partial charge on any atom is -0.497 e. The van der Waals surface area contributed by atoms with Crippen LogP contribution in [0.5, 0.6) is 5.75 Å². The summed E-state index contributed by atoms with van der Waals surface area (Å²) >= 11 is 0. The third-order valence-electron chi connectivity index (χ3n) is 3.63. The van der Waals surface area contributed by atoms with Crippen LogP contribution in [-0.4, -0.2) is 44.9 Å². The Morgan fingerprint density at radius 1 is 1.45 bits per heavy atom. The summed E-state index contributed by atoms with van der Waals surface area (Å²) < 4.78 is 10.6. The van der Waals surface area contributed by atoms with Gasteiger partial charge >= 0.3 is 0 Å². The molecular formula is C16H25ClN2O3. The molecule has 0 radical (unpaired) electrons. The number of ether oxygens (including phenoxy) is 2. The van der Waals surface area contributed by atoms with E-state index in [1.165, 1.54) is 5.56 Å². The number of methoxy groups -OCH3 is 1. The Morgan fingerprint density at radius 2 is 2.18 bits per heavy atom. The first kappa shape index (κ1) is 18.7. The summed E-state index contributed by atoms with van der Waals surface area (Å²) in [6.07, 6.45) is 1.47. The lowest BCUT2D eigenvalue weighted by atomic mass is 10.1. The number of amides is 1. The van der Waals surface area contributed by atoms with E-state index in [0.29, 0.717) is 13.2 Å². The Bertz CT molecular complexity index is 447. The zero-order valence-corrected chi connectivity index (χ0v) is 13.9. The molecule has 1 aromatic rings. The van der Waals surface area contributed by atoms with Crippen LogP contribution in [0.15, 0.2) is 24.3 Å². The van der Waals surface area contributed by atoms with Crippen molar-refractivity contribution in [3.8, 4) is 5.75 Å². The number of morpholine rings is 1. The van der Waals surface area contributed by atoms with Crippen molar-refractivity contribution in [3.05, 3.63) is 29.8 Å². The number of carbonyl (C=O) groups is 1. The summed E-state index contributed by atoms with van der Waals surface area (Å²) in [4.78, 5) is 12.0. The average molecular weight is 329 g/mol. The number of hydrogen-bond acceptors (Lipinski definition) is 4. The van der Waals surface area contributed by atoms with Crippen molar-refractivity contribution in [2.24, 2.45) is 0 Å². The average Bonchev–Trinajstić information content (AvgIpc) is 2.54. The second-order valence-electron chi connectivity index (χ2n) is 5.36. The van der Waals surface area contributed by atoms with Gasteiger partial charge in [-0.05, 0) is 37.5 Å². The molecule has 2 rings (SSSR count). The zero-order valence-electron chi connectivity index (χ0n) is 13.1. The number of carbonyl (C=O) groups excluding carboxylic acids is 1. The highest BCUT2D eigenvalue weighted by atomic mass is 35.5. The van der Waals surface area contributed by atoms with Crippen LogP contribution < -0.4 is 15.4 Å². The molecule has 1 saturated heterocycles. The van der Waals surface area contributed by atoms with Crippen LogP contribution in [0.4, 0.5) is 0 Å². The predicted molar refractivity (Wildman–Crippen MR) is 88.8 cm³/mol. The standard InChI is InChI=1S/C16H24N2O3.ClH/c1-12(18-16(19)15-11-17-9-10-21-15)3-4-13-5-7-14(20-2)8-6-13;/h5-8,12,15,17H,3-4,9-11H2,1-2H3,(H,18,19);1H. The molecule has 124 valence electrons. The van der Waals surface area contributed by atoms with E-state index < -0.39 is 0 Å². The summed E-state index contributed by atoms with van der Waals surface area (Å²) in [5.74, 6) is 0.839. The van der Waals surface area contributed by atoms with E-state index in [1.807, 2.05) is 19.1 Å². The third kappa shape index (κ3) is 5.83. The molecule has 0 bridgehead atoms. The summed E-state index contributed by atoms with van der Waals surface area (Å²) in [7, 11) is 1.66. The normalized spacial score (nSPS) is 18.9. The van der Waals surface area contributed by atoms with Gasteiger partial charge in [0, 0.05) is 19.1 Å². The Balaban J connectivity index is 0.00000242. The van der Waals surface area contributed by atoms with Crippen molar-refractivity contribution in [1.29, 1.82) is 0 Å². The number of hydrogen-bond donors (Lipinski definition) is 2. The van der Waals surface area contributed by atoms with Gasteiger partial charge in [0.2, 0.25) is 0 Å². The minimum absolute atomic E-state index is 0. The van der Waals surface area contributed by atoms with Crippen LogP contribution in [0, 0.1) is 0 Å². The van der Waals surface area contributed by atoms with Crippen LogP contribution in [0.2, 0.25) is 0 Å². The van der Waals surface area contributed by atoms with Crippen LogP contribution in [0.3, 0.4) is 0 Å². The lowest BCUT2D eigenvalue weighted by Gasteiger charge is -2.24. The fourth-order valence-electron chi connectivity index (χ4n) is 2.32. The fourth-order valence-corrected chi connectivity index (χ4v) is 2.32. The molecule has 1 heterocycles. The maximum Gasteiger partial charge on any atom is 0.250 e. The van der Waals surface area contributed by atoms with E-state index in [-0.39, 0.29) is 30.5 Å². The Labute approximate surface area is 138 Å². The van der Waals surface area contributed by atoms with E-state index in [4.69, 9.17) is 9.47 Å². The minimum atomic E-state index is -0.359. The second-order valence-corrected chi connectivity index (χ2v) is 5.36. The lowest BCUT2D eigenvalue weighted by Crippen LogP contribution is -2.49. The van der Waals surface area contributed by atoms with Crippen LogP contribution in [-0.2, 0) is 16.0 Å². The largest absolute Gasteiger partial charge is 0.497 e. The van der Waals surface area contributed by atoms with Gasteiger partial charge in [-0.1, -0.05) is 12.1 Å². The van der Waals surface area contributed by atoms with E-state index in [9.17, 15) is 4.79 Å². The monoisotopic (exact) mass is 328 g/mol. The van der Waals surface area contributed by atoms with Crippen molar-refractivity contribution >= 4 is 18.3 Å². The maximum absolute atomic E-state index is 12.0. The van der Waals surface area contributed by atoms with E-state index in [2.05, 4.69) is 22.8 Å². The predicted octanol–water partition coefficient (Wildman–Crippen LogP) is 1.54. The second kappa shape index (κ2) is 9.66. The van der Waals surface area contributed by atoms with Crippen molar-refractivity contribution in [3.63, 3.8) is 0 Å². The molecule has 0 aromatic heterocycles. The molecule has 5 nitrogen and oxygen atoms in total. The summed E-state index contributed by atoms with van der Waals surface area (Å²) in [5, 5.41) is 6.17. The summed E-state index contributed by atoms with van der Waals surface area (Å²) in [5.41, 5.74) is 1.24. The topological polar surface area (TPSA) is 59.6 Å². The first-order chi connectivity index (χ1) is 10.2. The van der Waals surface area contributed by atoms with Gasteiger partial charge < -0.3 is 20.1 Å². The molecule has 1 aliphatic heterocycles. The van der Waals surface area contributed by atoms with Gasteiger partial charge in [0.15, 0.2) is 0 Å². The van der Waals surface area contributed by atoms with E-state index in [0.717, 1.165) is 25.1 Å². The van der Waals surface area contributed by atoms with Crippen LogP contribution in [0.25, 0.3) is 0 Å². The van der Waals surface area contributed by atoms with Crippen molar-refractivity contribution < 1.29 is 14.3 Å². The van der Waals surface area contributed by atoms with Gasteiger partial charge in [0.25, 0.3) is 5.91 Å². The molecule has 0 spiro atoms. The highest BCUT2D eigenvalue weighted by Gasteiger charge is 2.22. The third-order valence-corrected chi connectivity index (χ3v) is 3.63. The Hall–Kier alpha value is -1.30. The van der Waals surface area contributed by atoms with Crippen molar-refractivity contribution in [2.45, 2.75) is 31.9 Å². The molecule has 0 aliphatic carbocycles. The molecule has 6 heteroatoms. The molecule has 2 unspecified atom stereocenters. The van der Waals surface area contributed by atoms with Crippen molar-refractivity contribution in [2.75, 3.05) is 26.8 Å². The van der Waals surface area contributed by atoms with Crippen LogP contribution in [0.1, 0.15) is 18.9 Å². The van der Waals surface area contributed by atoms with E-state index in [1.54, 1.807) is 7.11 Å². The smallest absolute Gasteiger partial charge is 0.250 e. The molecule has 2 N–H and O–H groups in total. The van der Waals surface area contributed by atoms with Gasteiger partial charge in [-0.15, -0.1) is 12.4 Å². The van der Waals surface area contributed by atoms with Gasteiger partial charge in [-0.25, -0.2) is 0 Å². The van der Waals surface area contributed by atoms with Crippen LogP contribution >= 0.6 is 12.4 Å². The van der Waals surface area contributed by atoms with Gasteiger partial charge in [-0.3, -0.25) is 4.79 Å². The molecule has 2 atom stereocenters. The number of rotatable bonds is 6. The SMILES string of the molecule is COc1ccc(CCC(C)NC(=O)C2CNCCO2)cc1.Cl. The molecule has 0 saturated carbocycles. The van der Waals surface area contributed by atoms with E-state index >= 15 is 0 Å².